The highest BCUT2D eigenvalue weighted by Crippen LogP contribution is 2.20. The first-order valence-electron chi connectivity index (χ1n) is 10.7. The molecule has 2 aromatic carbocycles. The topological polar surface area (TPSA) is 43.9 Å². The Bertz CT molecular complexity index is 821. The Kier molecular flexibility index (Phi) is 6.25. The molecular weight excluding hydrogens is 362 g/mol. The van der Waals surface area contributed by atoms with Crippen LogP contribution in [0.15, 0.2) is 54.6 Å². The van der Waals surface area contributed by atoms with Gasteiger partial charge in [0, 0.05) is 44.8 Å². The van der Waals surface area contributed by atoms with E-state index in [9.17, 15) is 9.59 Å². The van der Waals surface area contributed by atoms with Crippen LogP contribution < -0.4 is 0 Å². The van der Waals surface area contributed by atoms with Gasteiger partial charge in [0.05, 0.1) is 6.54 Å². The second-order valence-electron chi connectivity index (χ2n) is 7.95. The van der Waals surface area contributed by atoms with Gasteiger partial charge in [-0.1, -0.05) is 42.5 Å². The molecule has 0 radical (unpaired) electrons. The maximum atomic E-state index is 12.9. The summed E-state index contributed by atoms with van der Waals surface area (Å²) in [5.74, 6) is 0.313. The van der Waals surface area contributed by atoms with E-state index in [4.69, 9.17) is 0 Å². The number of amides is 2. The number of benzene rings is 2. The average molecular weight is 392 g/mol. The third-order valence-electron chi connectivity index (χ3n) is 5.97. The standard InChI is InChI=1S/C24H29N3O2/c28-23(26-13-5-2-6-14-26)19-25-15-17-27(18-16-25)24(29)22-11-9-21(10-12-22)20-7-3-1-4-8-20/h1,3-4,7-12H,2,5-6,13-19H2. The predicted octanol–water partition coefficient (Wildman–Crippen LogP) is 3.12. The summed E-state index contributed by atoms with van der Waals surface area (Å²) in [5, 5.41) is 0. The number of nitrogens with zero attached hydrogens (tertiary/aromatic N) is 3. The first-order chi connectivity index (χ1) is 14.2. The van der Waals surface area contributed by atoms with E-state index < -0.39 is 0 Å². The fourth-order valence-electron chi connectivity index (χ4n) is 4.16. The van der Waals surface area contributed by atoms with Gasteiger partial charge < -0.3 is 9.80 Å². The lowest BCUT2D eigenvalue weighted by Crippen LogP contribution is -2.52. The van der Waals surface area contributed by atoms with Gasteiger partial charge in [0.2, 0.25) is 5.91 Å². The van der Waals surface area contributed by atoms with Gasteiger partial charge in [0.25, 0.3) is 5.91 Å². The Morgan fingerprint density at radius 3 is 1.93 bits per heavy atom. The maximum Gasteiger partial charge on any atom is 0.253 e. The number of rotatable bonds is 4. The van der Waals surface area contributed by atoms with Crippen molar-refractivity contribution in [3.05, 3.63) is 60.2 Å². The zero-order chi connectivity index (χ0) is 20.1. The van der Waals surface area contributed by atoms with Gasteiger partial charge in [-0.05, 0) is 42.5 Å². The average Bonchev–Trinajstić information content (AvgIpc) is 2.80. The van der Waals surface area contributed by atoms with Crippen LogP contribution in [0.4, 0.5) is 0 Å². The van der Waals surface area contributed by atoms with Gasteiger partial charge in [-0.2, -0.15) is 0 Å². The maximum absolute atomic E-state index is 12.9. The molecule has 4 rings (SSSR count). The van der Waals surface area contributed by atoms with Crippen molar-refractivity contribution in [1.29, 1.82) is 0 Å². The molecule has 2 heterocycles. The van der Waals surface area contributed by atoms with Crippen LogP contribution in [0.2, 0.25) is 0 Å². The van der Waals surface area contributed by atoms with Crippen LogP contribution in [0.3, 0.4) is 0 Å². The molecule has 2 fully saturated rings. The van der Waals surface area contributed by atoms with E-state index in [1.165, 1.54) is 6.42 Å². The molecule has 2 amide bonds. The first-order valence-corrected chi connectivity index (χ1v) is 10.7. The van der Waals surface area contributed by atoms with E-state index in [0.29, 0.717) is 19.6 Å². The van der Waals surface area contributed by atoms with Crippen LogP contribution in [0.1, 0.15) is 29.6 Å². The smallest absolute Gasteiger partial charge is 0.253 e. The fraction of sp³-hybridized carbons (Fsp3) is 0.417. The Balaban J connectivity index is 1.29. The third-order valence-corrected chi connectivity index (χ3v) is 5.97. The van der Waals surface area contributed by atoms with E-state index in [2.05, 4.69) is 17.0 Å². The lowest BCUT2D eigenvalue weighted by Gasteiger charge is -2.36. The Labute approximate surface area is 172 Å². The molecule has 2 aromatic rings. The van der Waals surface area contributed by atoms with Crippen molar-refractivity contribution in [2.75, 3.05) is 45.8 Å². The number of carbonyl (C=O) groups is 2. The minimum absolute atomic E-state index is 0.0756. The number of hydrogen-bond donors (Lipinski definition) is 0. The lowest BCUT2D eigenvalue weighted by molar-refractivity contribution is -0.133. The molecular formula is C24H29N3O2. The molecule has 0 unspecified atom stereocenters. The summed E-state index contributed by atoms with van der Waals surface area (Å²) >= 11 is 0. The summed E-state index contributed by atoms with van der Waals surface area (Å²) in [6.07, 6.45) is 3.48. The van der Waals surface area contributed by atoms with Crippen LogP contribution in [0, 0.1) is 0 Å². The van der Waals surface area contributed by atoms with Crippen molar-refractivity contribution in [3.63, 3.8) is 0 Å². The van der Waals surface area contributed by atoms with E-state index in [1.54, 1.807) is 0 Å². The van der Waals surface area contributed by atoms with E-state index in [-0.39, 0.29) is 11.8 Å². The van der Waals surface area contributed by atoms with Crippen molar-refractivity contribution in [1.82, 2.24) is 14.7 Å². The highest BCUT2D eigenvalue weighted by atomic mass is 16.2. The normalized spacial score (nSPS) is 17.9. The summed E-state index contributed by atoms with van der Waals surface area (Å²) in [5.41, 5.74) is 2.99. The number of piperidine rings is 1. The van der Waals surface area contributed by atoms with Gasteiger partial charge in [0.1, 0.15) is 0 Å². The van der Waals surface area contributed by atoms with Gasteiger partial charge >= 0.3 is 0 Å². The van der Waals surface area contributed by atoms with Crippen LogP contribution in [0.5, 0.6) is 0 Å². The highest BCUT2D eigenvalue weighted by molar-refractivity contribution is 5.94. The molecule has 0 saturated carbocycles. The molecule has 2 aliphatic heterocycles. The Hall–Kier alpha value is -2.66. The van der Waals surface area contributed by atoms with Crippen LogP contribution in [0.25, 0.3) is 11.1 Å². The van der Waals surface area contributed by atoms with Crippen LogP contribution >= 0.6 is 0 Å². The second-order valence-corrected chi connectivity index (χ2v) is 7.95. The number of likely N-dealkylation sites (tertiary alicyclic amines) is 1. The summed E-state index contributed by atoms with van der Waals surface area (Å²) in [6, 6.07) is 18.0. The second kappa shape index (κ2) is 9.23. The van der Waals surface area contributed by atoms with Gasteiger partial charge in [0.15, 0.2) is 0 Å². The molecule has 0 atom stereocenters. The molecule has 0 bridgehead atoms. The molecule has 2 aliphatic rings. The summed E-state index contributed by atoms with van der Waals surface area (Å²) < 4.78 is 0. The number of piperazine rings is 1. The van der Waals surface area contributed by atoms with Gasteiger partial charge in [-0.3, -0.25) is 14.5 Å². The molecule has 5 heteroatoms. The van der Waals surface area contributed by atoms with Crippen molar-refractivity contribution in [3.8, 4) is 11.1 Å². The van der Waals surface area contributed by atoms with Gasteiger partial charge in [-0.15, -0.1) is 0 Å². The van der Waals surface area contributed by atoms with Crippen molar-refractivity contribution in [2.45, 2.75) is 19.3 Å². The zero-order valence-corrected chi connectivity index (χ0v) is 16.9. The number of hydrogen-bond acceptors (Lipinski definition) is 3. The van der Waals surface area contributed by atoms with E-state index >= 15 is 0 Å². The highest BCUT2D eigenvalue weighted by Gasteiger charge is 2.25. The molecule has 0 aliphatic carbocycles. The SMILES string of the molecule is O=C(CN1CCN(C(=O)c2ccc(-c3ccccc3)cc2)CC1)N1CCCCC1. The molecule has 2 saturated heterocycles. The molecule has 29 heavy (non-hydrogen) atoms. The monoisotopic (exact) mass is 391 g/mol. The van der Waals surface area contributed by atoms with Crippen LogP contribution in [-0.2, 0) is 4.79 Å². The number of carbonyl (C=O) groups excluding carboxylic acids is 2. The van der Waals surface area contributed by atoms with Crippen molar-refractivity contribution < 1.29 is 9.59 Å². The molecule has 152 valence electrons. The zero-order valence-electron chi connectivity index (χ0n) is 16.9. The minimum Gasteiger partial charge on any atom is -0.342 e. The van der Waals surface area contributed by atoms with E-state index in [1.807, 2.05) is 52.3 Å². The van der Waals surface area contributed by atoms with Crippen LogP contribution in [-0.4, -0.2) is 72.3 Å². The summed E-state index contributed by atoms with van der Waals surface area (Å²) in [4.78, 5) is 31.4. The minimum atomic E-state index is 0.0756. The van der Waals surface area contributed by atoms with Gasteiger partial charge in [-0.25, -0.2) is 0 Å². The van der Waals surface area contributed by atoms with E-state index in [0.717, 1.165) is 55.7 Å². The lowest BCUT2D eigenvalue weighted by atomic mass is 10.0. The summed E-state index contributed by atoms with van der Waals surface area (Å²) in [6.45, 7) is 5.14. The van der Waals surface area contributed by atoms with Crippen molar-refractivity contribution >= 4 is 11.8 Å². The largest absolute Gasteiger partial charge is 0.342 e. The third kappa shape index (κ3) is 4.85. The molecule has 0 spiro atoms. The Morgan fingerprint density at radius 2 is 1.28 bits per heavy atom. The first kappa shape index (κ1) is 19.6. The Morgan fingerprint density at radius 1 is 0.655 bits per heavy atom. The predicted molar refractivity (Wildman–Crippen MR) is 115 cm³/mol. The molecule has 5 nitrogen and oxygen atoms in total. The molecule has 0 N–H and O–H groups in total. The summed E-state index contributed by atoms with van der Waals surface area (Å²) in [7, 11) is 0. The molecule has 0 aromatic heterocycles. The fourth-order valence-corrected chi connectivity index (χ4v) is 4.16. The quantitative estimate of drug-likeness (QED) is 0.804. The van der Waals surface area contributed by atoms with Crippen molar-refractivity contribution in [2.24, 2.45) is 0 Å².